The van der Waals surface area contributed by atoms with E-state index in [1.54, 1.807) is 31.3 Å². The molecule has 1 aromatic carbocycles. The lowest BCUT2D eigenvalue weighted by atomic mass is 10.2. The molecule has 0 radical (unpaired) electrons. The number of carbonyl (C=O) groups is 2. The van der Waals surface area contributed by atoms with Crippen LogP contribution in [0.3, 0.4) is 0 Å². The van der Waals surface area contributed by atoms with Gasteiger partial charge in [0.25, 0.3) is 5.91 Å². The molecule has 7 heteroatoms. The Hall–Kier alpha value is -2.60. The van der Waals surface area contributed by atoms with Gasteiger partial charge in [-0.2, -0.15) is 0 Å². The van der Waals surface area contributed by atoms with Crippen molar-refractivity contribution in [2.45, 2.75) is 13.5 Å². The van der Waals surface area contributed by atoms with Crippen LogP contribution in [0.1, 0.15) is 22.8 Å². The van der Waals surface area contributed by atoms with Crippen LogP contribution in [0.25, 0.3) is 0 Å². The summed E-state index contributed by atoms with van der Waals surface area (Å²) in [6.07, 6.45) is 1.64. The number of hydrogen-bond acceptors (Lipinski definition) is 4. The highest BCUT2D eigenvalue weighted by atomic mass is 35.5. The molecule has 0 bridgehead atoms. The number of piperazine rings is 1. The summed E-state index contributed by atoms with van der Waals surface area (Å²) < 4.78 is 0. The van der Waals surface area contributed by atoms with Crippen molar-refractivity contribution in [3.8, 4) is 0 Å². The normalized spacial score (nSPS) is 14.2. The second-order valence-corrected chi connectivity index (χ2v) is 6.58. The average molecular weight is 373 g/mol. The van der Waals surface area contributed by atoms with Gasteiger partial charge in [-0.1, -0.05) is 29.8 Å². The SMILES string of the molecule is CC(=O)N1CCN(c2cc(C(=O)NCc3ccccc3Cl)ccn2)CC1. The first kappa shape index (κ1) is 18.2. The molecule has 6 nitrogen and oxygen atoms in total. The zero-order chi connectivity index (χ0) is 18.5. The number of nitrogens with one attached hydrogen (secondary N) is 1. The molecule has 2 aromatic rings. The van der Waals surface area contributed by atoms with Crippen LogP contribution in [0.15, 0.2) is 42.6 Å². The Morgan fingerprint density at radius 1 is 1.15 bits per heavy atom. The monoisotopic (exact) mass is 372 g/mol. The van der Waals surface area contributed by atoms with Crippen LogP contribution < -0.4 is 10.2 Å². The van der Waals surface area contributed by atoms with Crippen molar-refractivity contribution >= 4 is 29.2 Å². The summed E-state index contributed by atoms with van der Waals surface area (Å²) in [6, 6.07) is 10.9. The number of pyridine rings is 1. The fourth-order valence-electron chi connectivity index (χ4n) is 2.90. The zero-order valence-corrected chi connectivity index (χ0v) is 15.4. The Balaban J connectivity index is 1.63. The van der Waals surface area contributed by atoms with Gasteiger partial charge in [-0.15, -0.1) is 0 Å². The van der Waals surface area contributed by atoms with Crippen LogP contribution in [-0.2, 0) is 11.3 Å². The van der Waals surface area contributed by atoms with Crippen molar-refractivity contribution in [3.63, 3.8) is 0 Å². The van der Waals surface area contributed by atoms with Gasteiger partial charge in [-0.3, -0.25) is 9.59 Å². The molecule has 1 fully saturated rings. The van der Waals surface area contributed by atoms with E-state index in [1.807, 2.05) is 23.1 Å². The molecule has 1 N–H and O–H groups in total. The Bertz CT molecular complexity index is 804. The zero-order valence-electron chi connectivity index (χ0n) is 14.6. The fraction of sp³-hybridized carbons (Fsp3) is 0.316. The van der Waals surface area contributed by atoms with Crippen LogP contribution in [0.2, 0.25) is 5.02 Å². The molecule has 2 amide bonds. The van der Waals surface area contributed by atoms with Gasteiger partial charge in [0.2, 0.25) is 5.91 Å². The van der Waals surface area contributed by atoms with E-state index in [4.69, 9.17) is 11.6 Å². The van der Waals surface area contributed by atoms with Gasteiger partial charge in [-0.05, 0) is 23.8 Å². The van der Waals surface area contributed by atoms with E-state index >= 15 is 0 Å². The molecule has 1 aliphatic heterocycles. The standard InChI is InChI=1S/C19H21ClN4O2/c1-14(25)23-8-10-24(11-9-23)18-12-15(6-7-21-18)19(26)22-13-16-4-2-3-5-17(16)20/h2-7,12H,8-11,13H2,1H3,(H,22,26). The van der Waals surface area contributed by atoms with E-state index < -0.39 is 0 Å². The van der Waals surface area contributed by atoms with E-state index in [0.717, 1.165) is 11.4 Å². The molecular weight excluding hydrogens is 352 g/mol. The number of amides is 2. The summed E-state index contributed by atoms with van der Waals surface area (Å²) in [5, 5.41) is 3.52. The molecular formula is C19H21ClN4O2. The second-order valence-electron chi connectivity index (χ2n) is 6.17. The first-order chi connectivity index (χ1) is 12.5. The van der Waals surface area contributed by atoms with Gasteiger partial charge in [0.05, 0.1) is 0 Å². The third-order valence-corrected chi connectivity index (χ3v) is 4.82. The number of rotatable bonds is 4. The first-order valence-electron chi connectivity index (χ1n) is 8.52. The predicted octanol–water partition coefficient (Wildman–Crippen LogP) is 2.33. The number of carbonyl (C=O) groups excluding carboxylic acids is 2. The number of anilines is 1. The third-order valence-electron chi connectivity index (χ3n) is 4.45. The molecule has 26 heavy (non-hydrogen) atoms. The molecule has 136 valence electrons. The maximum atomic E-state index is 12.5. The molecule has 0 aliphatic carbocycles. The van der Waals surface area contributed by atoms with Crippen LogP contribution >= 0.6 is 11.6 Å². The Morgan fingerprint density at radius 3 is 2.58 bits per heavy atom. The lowest BCUT2D eigenvalue weighted by Gasteiger charge is -2.35. The van der Waals surface area contributed by atoms with Crippen LogP contribution in [0.5, 0.6) is 0 Å². The van der Waals surface area contributed by atoms with Gasteiger partial charge < -0.3 is 15.1 Å². The molecule has 3 rings (SSSR count). The average Bonchev–Trinajstić information content (AvgIpc) is 2.67. The summed E-state index contributed by atoms with van der Waals surface area (Å²) >= 11 is 6.12. The summed E-state index contributed by atoms with van der Waals surface area (Å²) in [5.74, 6) is 0.667. The largest absolute Gasteiger partial charge is 0.353 e. The van der Waals surface area contributed by atoms with Crippen LogP contribution in [0.4, 0.5) is 5.82 Å². The first-order valence-corrected chi connectivity index (χ1v) is 8.90. The molecule has 2 heterocycles. The van der Waals surface area contributed by atoms with Crippen molar-refractivity contribution in [2.24, 2.45) is 0 Å². The molecule has 0 spiro atoms. The number of hydrogen-bond donors (Lipinski definition) is 1. The number of halogens is 1. The van der Waals surface area contributed by atoms with Gasteiger partial charge in [0.1, 0.15) is 5.82 Å². The van der Waals surface area contributed by atoms with Gasteiger partial charge in [0.15, 0.2) is 0 Å². The molecule has 0 saturated carbocycles. The highest BCUT2D eigenvalue weighted by Crippen LogP contribution is 2.17. The topological polar surface area (TPSA) is 65.5 Å². The van der Waals surface area contributed by atoms with Gasteiger partial charge in [-0.25, -0.2) is 4.98 Å². The second kappa shape index (κ2) is 8.19. The summed E-state index contributed by atoms with van der Waals surface area (Å²) in [4.78, 5) is 32.2. The minimum absolute atomic E-state index is 0.0883. The van der Waals surface area contributed by atoms with E-state index in [0.29, 0.717) is 43.3 Å². The highest BCUT2D eigenvalue weighted by Gasteiger charge is 2.20. The number of aromatic nitrogens is 1. The molecule has 0 unspecified atom stereocenters. The smallest absolute Gasteiger partial charge is 0.251 e. The lowest BCUT2D eigenvalue weighted by molar-refractivity contribution is -0.129. The van der Waals surface area contributed by atoms with Gasteiger partial charge in [0, 0.05) is 56.4 Å². The number of nitrogens with zero attached hydrogens (tertiary/aromatic N) is 3. The molecule has 0 atom stereocenters. The lowest BCUT2D eigenvalue weighted by Crippen LogP contribution is -2.48. The molecule has 1 aliphatic rings. The number of benzene rings is 1. The minimum atomic E-state index is -0.170. The molecule has 1 aromatic heterocycles. The minimum Gasteiger partial charge on any atom is -0.353 e. The third kappa shape index (κ3) is 4.32. The van der Waals surface area contributed by atoms with E-state index in [1.165, 1.54) is 0 Å². The Kier molecular flexibility index (Phi) is 5.73. The van der Waals surface area contributed by atoms with Crippen molar-refractivity contribution in [1.82, 2.24) is 15.2 Å². The maximum absolute atomic E-state index is 12.5. The van der Waals surface area contributed by atoms with E-state index in [9.17, 15) is 9.59 Å². The maximum Gasteiger partial charge on any atom is 0.251 e. The summed E-state index contributed by atoms with van der Waals surface area (Å²) in [7, 11) is 0. The van der Waals surface area contributed by atoms with Crippen LogP contribution in [-0.4, -0.2) is 47.9 Å². The van der Waals surface area contributed by atoms with E-state index in [2.05, 4.69) is 15.2 Å². The Morgan fingerprint density at radius 2 is 1.88 bits per heavy atom. The summed E-state index contributed by atoms with van der Waals surface area (Å²) in [6.45, 7) is 4.69. The fourth-order valence-corrected chi connectivity index (χ4v) is 3.10. The van der Waals surface area contributed by atoms with Crippen molar-refractivity contribution in [1.29, 1.82) is 0 Å². The van der Waals surface area contributed by atoms with Gasteiger partial charge >= 0.3 is 0 Å². The molecule has 1 saturated heterocycles. The van der Waals surface area contributed by atoms with Crippen molar-refractivity contribution < 1.29 is 9.59 Å². The van der Waals surface area contributed by atoms with Crippen molar-refractivity contribution in [2.75, 3.05) is 31.1 Å². The quantitative estimate of drug-likeness (QED) is 0.894. The van der Waals surface area contributed by atoms with Crippen LogP contribution in [0, 0.1) is 0 Å². The van der Waals surface area contributed by atoms with Crippen molar-refractivity contribution in [3.05, 3.63) is 58.7 Å². The van der Waals surface area contributed by atoms with E-state index in [-0.39, 0.29) is 11.8 Å². The summed E-state index contributed by atoms with van der Waals surface area (Å²) in [5.41, 5.74) is 1.42. The Labute approximate surface area is 157 Å². The highest BCUT2D eigenvalue weighted by molar-refractivity contribution is 6.31. The predicted molar refractivity (Wildman–Crippen MR) is 101 cm³/mol.